The van der Waals surface area contributed by atoms with Crippen LogP contribution in [0.2, 0.25) is 0 Å². The smallest absolute Gasteiger partial charge is 0.547 e. The molecule has 1 amide bonds. The van der Waals surface area contributed by atoms with Crippen molar-refractivity contribution in [2.75, 3.05) is 0 Å². The summed E-state index contributed by atoms with van der Waals surface area (Å²) in [6, 6.07) is -1.30. The summed E-state index contributed by atoms with van der Waals surface area (Å²) >= 11 is 0. The topological polar surface area (TPSA) is 96.3 Å². The maximum absolute atomic E-state index is 11.5. The molecule has 1 aromatic heterocycles. The SMILES string of the molecule is Cn1cncc1C(NC(=O)OC(C)(C)C)C(=O)[O-].[Na+]. The summed E-state index contributed by atoms with van der Waals surface area (Å²) in [5, 5.41) is 13.3. The third kappa shape index (κ3) is 5.63. The molecule has 7 nitrogen and oxygen atoms in total. The van der Waals surface area contributed by atoms with Crippen LogP contribution in [-0.2, 0) is 16.6 Å². The van der Waals surface area contributed by atoms with Gasteiger partial charge in [-0.15, -0.1) is 0 Å². The van der Waals surface area contributed by atoms with E-state index in [-0.39, 0.29) is 29.6 Å². The maximum Gasteiger partial charge on any atom is 1.00 e. The molecule has 1 N–H and O–H groups in total. The van der Waals surface area contributed by atoms with Crippen LogP contribution in [0.1, 0.15) is 32.5 Å². The molecular weight excluding hydrogens is 261 g/mol. The van der Waals surface area contributed by atoms with Gasteiger partial charge in [0.15, 0.2) is 0 Å². The van der Waals surface area contributed by atoms with Crippen LogP contribution < -0.4 is 40.0 Å². The minimum absolute atomic E-state index is 0. The number of carboxylic acids is 1. The molecule has 0 aliphatic carbocycles. The van der Waals surface area contributed by atoms with Crippen molar-refractivity contribution in [3.05, 3.63) is 18.2 Å². The molecule has 8 heteroatoms. The molecule has 0 bridgehead atoms. The van der Waals surface area contributed by atoms with Crippen LogP contribution in [0.25, 0.3) is 0 Å². The molecular formula is C11H16N3NaO4. The zero-order valence-electron chi connectivity index (χ0n) is 11.8. The van der Waals surface area contributed by atoms with Gasteiger partial charge in [-0.25, -0.2) is 9.78 Å². The monoisotopic (exact) mass is 277 g/mol. The van der Waals surface area contributed by atoms with Crippen molar-refractivity contribution in [2.45, 2.75) is 32.4 Å². The number of alkyl carbamates (subject to hydrolysis) is 1. The molecule has 19 heavy (non-hydrogen) atoms. The molecule has 0 spiro atoms. The van der Waals surface area contributed by atoms with Crippen molar-refractivity contribution in [3.63, 3.8) is 0 Å². The number of aryl methyl sites for hydroxylation is 1. The first kappa shape index (κ1) is 17.9. The summed E-state index contributed by atoms with van der Waals surface area (Å²) in [5.74, 6) is -1.43. The van der Waals surface area contributed by atoms with Gasteiger partial charge in [-0.1, -0.05) is 0 Å². The molecule has 0 radical (unpaired) electrons. The fraction of sp³-hybridized carbons (Fsp3) is 0.545. The van der Waals surface area contributed by atoms with E-state index in [1.54, 1.807) is 27.8 Å². The van der Waals surface area contributed by atoms with Gasteiger partial charge in [-0.3, -0.25) is 0 Å². The van der Waals surface area contributed by atoms with Crippen molar-refractivity contribution in [2.24, 2.45) is 7.05 Å². The second kappa shape index (κ2) is 6.93. The Morgan fingerprint density at radius 3 is 2.42 bits per heavy atom. The average molecular weight is 277 g/mol. The minimum Gasteiger partial charge on any atom is -0.547 e. The van der Waals surface area contributed by atoms with Gasteiger partial charge in [0.2, 0.25) is 0 Å². The van der Waals surface area contributed by atoms with Crippen molar-refractivity contribution < 1.29 is 49.0 Å². The molecule has 1 heterocycles. The summed E-state index contributed by atoms with van der Waals surface area (Å²) < 4.78 is 6.47. The predicted octanol–water partition coefficient (Wildman–Crippen LogP) is -3.26. The molecule has 0 saturated heterocycles. The molecule has 1 aromatic rings. The van der Waals surface area contributed by atoms with E-state index >= 15 is 0 Å². The number of aliphatic carboxylic acids is 1. The third-order valence-electron chi connectivity index (χ3n) is 2.05. The fourth-order valence-corrected chi connectivity index (χ4v) is 1.32. The summed E-state index contributed by atoms with van der Waals surface area (Å²) in [6.07, 6.45) is 1.96. The molecule has 0 aliphatic heterocycles. The fourth-order valence-electron chi connectivity index (χ4n) is 1.32. The number of carboxylic acid groups (broad SMARTS) is 1. The number of nitrogens with zero attached hydrogens (tertiary/aromatic N) is 2. The standard InChI is InChI=1S/C11H17N3O4.Na/c1-11(2,3)18-10(17)13-8(9(15)16)7-5-12-6-14(7)4;/h5-6,8H,1-4H3,(H,13,17)(H,15,16);/q;+1/p-1. The molecule has 0 aromatic carbocycles. The molecule has 1 rings (SSSR count). The Balaban J connectivity index is 0.00000324. The Labute approximate surface area is 133 Å². The first-order valence-corrected chi connectivity index (χ1v) is 5.37. The number of carbonyl (C=O) groups excluding carboxylic acids is 2. The van der Waals surface area contributed by atoms with Gasteiger partial charge in [0.1, 0.15) is 11.6 Å². The first-order valence-electron chi connectivity index (χ1n) is 5.37. The van der Waals surface area contributed by atoms with Crippen LogP contribution in [0.15, 0.2) is 12.5 Å². The molecule has 0 aliphatic rings. The van der Waals surface area contributed by atoms with E-state index in [0.29, 0.717) is 5.69 Å². The van der Waals surface area contributed by atoms with Gasteiger partial charge in [-0.2, -0.15) is 0 Å². The normalized spacial score (nSPS) is 12.2. The van der Waals surface area contributed by atoms with Crippen LogP contribution in [0.4, 0.5) is 4.79 Å². The van der Waals surface area contributed by atoms with E-state index in [1.807, 2.05) is 0 Å². The number of ether oxygens (including phenoxy) is 1. The number of rotatable bonds is 3. The van der Waals surface area contributed by atoms with E-state index < -0.39 is 23.7 Å². The van der Waals surface area contributed by atoms with Crippen LogP contribution in [0, 0.1) is 0 Å². The molecule has 1 atom stereocenters. The maximum atomic E-state index is 11.5. The molecule has 0 saturated carbocycles. The van der Waals surface area contributed by atoms with Gasteiger partial charge < -0.3 is 24.5 Å². The number of aromatic nitrogens is 2. The Bertz CT molecular complexity index is 453. The van der Waals surface area contributed by atoms with Gasteiger partial charge >= 0.3 is 35.7 Å². The molecule has 1 unspecified atom stereocenters. The Kier molecular flexibility index (Phi) is 6.54. The Hall–Kier alpha value is -1.05. The largest absolute Gasteiger partial charge is 1.00 e. The second-order valence-corrected chi connectivity index (χ2v) is 4.83. The van der Waals surface area contributed by atoms with Gasteiger partial charge in [0.05, 0.1) is 24.2 Å². The number of hydrogen-bond acceptors (Lipinski definition) is 5. The number of nitrogens with one attached hydrogen (secondary N) is 1. The van der Waals surface area contributed by atoms with Gasteiger partial charge in [-0.05, 0) is 20.8 Å². The van der Waals surface area contributed by atoms with Crippen molar-refractivity contribution >= 4 is 12.1 Å². The average Bonchev–Trinajstić information content (AvgIpc) is 2.57. The van der Waals surface area contributed by atoms with Crippen LogP contribution in [0.5, 0.6) is 0 Å². The van der Waals surface area contributed by atoms with Crippen LogP contribution in [-0.4, -0.2) is 27.2 Å². The zero-order chi connectivity index (χ0) is 13.9. The summed E-state index contributed by atoms with van der Waals surface area (Å²) in [4.78, 5) is 26.3. The van der Waals surface area contributed by atoms with Crippen molar-refractivity contribution in [1.29, 1.82) is 0 Å². The third-order valence-corrected chi connectivity index (χ3v) is 2.05. The Morgan fingerprint density at radius 2 is 2.05 bits per heavy atom. The first-order chi connectivity index (χ1) is 8.20. The van der Waals surface area contributed by atoms with E-state index in [0.717, 1.165) is 0 Å². The summed E-state index contributed by atoms with van der Waals surface area (Å²) in [6.45, 7) is 5.06. The van der Waals surface area contributed by atoms with Crippen LogP contribution >= 0.6 is 0 Å². The zero-order valence-corrected chi connectivity index (χ0v) is 13.8. The number of carbonyl (C=O) groups is 2. The quantitative estimate of drug-likeness (QED) is 0.585. The Morgan fingerprint density at radius 1 is 1.47 bits per heavy atom. The summed E-state index contributed by atoms with van der Waals surface area (Å²) in [7, 11) is 1.62. The molecule has 0 fully saturated rings. The van der Waals surface area contributed by atoms with Crippen LogP contribution in [0.3, 0.4) is 0 Å². The summed E-state index contributed by atoms with van der Waals surface area (Å²) in [5.41, 5.74) is -0.395. The van der Waals surface area contributed by atoms with Crippen molar-refractivity contribution in [3.8, 4) is 0 Å². The number of amides is 1. The van der Waals surface area contributed by atoms with E-state index in [9.17, 15) is 14.7 Å². The minimum atomic E-state index is -1.43. The number of imidazole rings is 1. The number of hydrogen-bond donors (Lipinski definition) is 1. The van der Waals surface area contributed by atoms with Gasteiger partial charge in [0, 0.05) is 7.05 Å². The van der Waals surface area contributed by atoms with E-state index in [4.69, 9.17) is 4.74 Å². The van der Waals surface area contributed by atoms with E-state index in [2.05, 4.69) is 10.3 Å². The van der Waals surface area contributed by atoms with Crippen molar-refractivity contribution in [1.82, 2.24) is 14.9 Å². The van der Waals surface area contributed by atoms with E-state index in [1.165, 1.54) is 17.1 Å². The molecule has 100 valence electrons. The second-order valence-electron chi connectivity index (χ2n) is 4.83. The van der Waals surface area contributed by atoms with Gasteiger partial charge in [0.25, 0.3) is 0 Å². The predicted molar refractivity (Wildman–Crippen MR) is 60.3 cm³/mol.